The monoisotopic (exact) mass is 409 g/mol. The fraction of sp³-hybridized carbons (Fsp3) is 0.261. The lowest BCUT2D eigenvalue weighted by Gasteiger charge is -2.20. The van der Waals surface area contributed by atoms with Crippen molar-refractivity contribution in [3.05, 3.63) is 76.1 Å². The first kappa shape index (κ1) is 21.1. The fourth-order valence-corrected chi connectivity index (χ4v) is 3.11. The van der Waals surface area contributed by atoms with E-state index < -0.39 is 29.6 Å². The summed E-state index contributed by atoms with van der Waals surface area (Å²) in [5.41, 5.74) is 1.61. The Kier molecular flexibility index (Phi) is 6.51. The van der Waals surface area contributed by atoms with Gasteiger partial charge < -0.3 is 19.2 Å². The molecule has 156 valence electrons. The van der Waals surface area contributed by atoms with E-state index in [1.54, 1.807) is 25.1 Å². The number of rotatable bonds is 7. The molecule has 0 saturated heterocycles. The molecule has 1 aromatic heterocycles. The number of benzene rings is 2. The molecule has 0 bridgehead atoms. The summed E-state index contributed by atoms with van der Waals surface area (Å²) in [6.07, 6.45) is -0.589. The Labute approximate surface area is 173 Å². The van der Waals surface area contributed by atoms with Gasteiger partial charge in [0.2, 0.25) is 0 Å². The molecular weight excluding hydrogens is 386 g/mol. The molecule has 30 heavy (non-hydrogen) atoms. The van der Waals surface area contributed by atoms with E-state index in [2.05, 4.69) is 5.32 Å². The zero-order valence-corrected chi connectivity index (χ0v) is 17.0. The highest BCUT2D eigenvalue weighted by molar-refractivity contribution is 5.87. The van der Waals surface area contributed by atoms with Gasteiger partial charge in [0.05, 0.1) is 7.11 Å². The molecule has 0 radical (unpaired) electrons. The standard InChI is InChI=1S/C23H23NO6/c1-14-11-21(25)30-20-13-17(9-10-18(14)20)29-15(2)22(26)24-19(23(27)28-3)12-16-7-5-4-6-8-16/h4-11,13,15,19H,12H2,1-3H3,(H,24,26)/t15-,19+/m0/s1. The van der Waals surface area contributed by atoms with Gasteiger partial charge in [0.25, 0.3) is 5.91 Å². The molecule has 3 aromatic rings. The van der Waals surface area contributed by atoms with E-state index in [9.17, 15) is 14.4 Å². The smallest absolute Gasteiger partial charge is 0.336 e. The molecule has 0 fully saturated rings. The molecule has 0 spiro atoms. The van der Waals surface area contributed by atoms with Crippen molar-refractivity contribution >= 4 is 22.8 Å². The third kappa shape index (κ3) is 5.05. The summed E-state index contributed by atoms with van der Waals surface area (Å²) in [7, 11) is 1.28. The first-order chi connectivity index (χ1) is 14.4. The molecule has 3 rings (SSSR count). The van der Waals surface area contributed by atoms with Crippen molar-refractivity contribution in [1.29, 1.82) is 0 Å². The van der Waals surface area contributed by atoms with E-state index in [0.717, 1.165) is 16.5 Å². The van der Waals surface area contributed by atoms with Gasteiger partial charge in [0, 0.05) is 23.9 Å². The highest BCUT2D eigenvalue weighted by Gasteiger charge is 2.25. The van der Waals surface area contributed by atoms with Crippen molar-refractivity contribution in [3.8, 4) is 5.75 Å². The van der Waals surface area contributed by atoms with Crippen LogP contribution in [-0.4, -0.2) is 31.1 Å². The Morgan fingerprint density at radius 1 is 1.10 bits per heavy atom. The van der Waals surface area contributed by atoms with E-state index in [1.165, 1.54) is 13.2 Å². The van der Waals surface area contributed by atoms with Crippen LogP contribution in [0.3, 0.4) is 0 Å². The Bertz CT molecular complexity index is 1110. The number of nitrogens with one attached hydrogen (secondary N) is 1. The summed E-state index contributed by atoms with van der Waals surface area (Å²) in [5, 5.41) is 3.46. The molecular formula is C23H23NO6. The van der Waals surface area contributed by atoms with Gasteiger partial charge in [0.15, 0.2) is 6.10 Å². The van der Waals surface area contributed by atoms with Gasteiger partial charge in [-0.2, -0.15) is 0 Å². The minimum atomic E-state index is -0.887. The summed E-state index contributed by atoms with van der Waals surface area (Å²) in [5.74, 6) is -0.633. The number of hydrogen-bond donors (Lipinski definition) is 1. The number of carbonyl (C=O) groups is 2. The van der Waals surface area contributed by atoms with Gasteiger partial charge in [-0.05, 0) is 37.1 Å². The van der Waals surface area contributed by atoms with Crippen molar-refractivity contribution in [2.75, 3.05) is 7.11 Å². The summed E-state index contributed by atoms with van der Waals surface area (Å²) >= 11 is 0. The topological polar surface area (TPSA) is 94.8 Å². The van der Waals surface area contributed by atoms with Crippen LogP contribution in [0.5, 0.6) is 5.75 Å². The van der Waals surface area contributed by atoms with E-state index in [-0.39, 0.29) is 0 Å². The molecule has 2 atom stereocenters. The lowest BCUT2D eigenvalue weighted by atomic mass is 10.1. The minimum absolute atomic E-state index is 0.298. The van der Waals surface area contributed by atoms with Crippen molar-refractivity contribution in [2.45, 2.75) is 32.4 Å². The molecule has 0 aliphatic heterocycles. The van der Waals surface area contributed by atoms with Gasteiger partial charge in [-0.15, -0.1) is 0 Å². The van der Waals surface area contributed by atoms with Crippen LogP contribution in [0.1, 0.15) is 18.1 Å². The largest absolute Gasteiger partial charge is 0.481 e. The summed E-state index contributed by atoms with van der Waals surface area (Å²) in [6, 6.07) is 14.9. The van der Waals surface area contributed by atoms with Crippen LogP contribution in [0.2, 0.25) is 0 Å². The van der Waals surface area contributed by atoms with Gasteiger partial charge in [-0.1, -0.05) is 30.3 Å². The number of hydrogen-bond acceptors (Lipinski definition) is 6. The second-order valence-corrected chi connectivity index (χ2v) is 6.94. The maximum atomic E-state index is 12.6. The molecule has 0 saturated carbocycles. The molecule has 1 N–H and O–H groups in total. The maximum absolute atomic E-state index is 12.6. The minimum Gasteiger partial charge on any atom is -0.481 e. The first-order valence-corrected chi connectivity index (χ1v) is 9.50. The van der Waals surface area contributed by atoms with Crippen LogP contribution >= 0.6 is 0 Å². The quantitative estimate of drug-likeness (QED) is 0.476. The molecule has 1 amide bonds. The Morgan fingerprint density at radius 3 is 2.53 bits per heavy atom. The number of amides is 1. The van der Waals surface area contributed by atoms with Crippen molar-refractivity contribution < 1.29 is 23.5 Å². The highest BCUT2D eigenvalue weighted by Crippen LogP contribution is 2.23. The van der Waals surface area contributed by atoms with Gasteiger partial charge >= 0.3 is 11.6 Å². The second kappa shape index (κ2) is 9.26. The van der Waals surface area contributed by atoms with Crippen LogP contribution < -0.4 is 15.7 Å². The van der Waals surface area contributed by atoms with Crippen LogP contribution in [0.25, 0.3) is 11.0 Å². The fourth-order valence-electron chi connectivity index (χ4n) is 3.11. The van der Waals surface area contributed by atoms with Gasteiger partial charge in [-0.3, -0.25) is 4.79 Å². The van der Waals surface area contributed by atoms with Gasteiger partial charge in [0.1, 0.15) is 17.4 Å². The first-order valence-electron chi connectivity index (χ1n) is 9.50. The van der Waals surface area contributed by atoms with Crippen LogP contribution in [-0.2, 0) is 20.7 Å². The summed E-state index contributed by atoms with van der Waals surface area (Å²) in [4.78, 5) is 36.3. The van der Waals surface area contributed by atoms with Crippen LogP contribution in [0, 0.1) is 6.92 Å². The number of ether oxygens (including phenoxy) is 2. The number of carbonyl (C=O) groups excluding carboxylic acids is 2. The second-order valence-electron chi connectivity index (χ2n) is 6.94. The number of aryl methyl sites for hydroxylation is 1. The zero-order chi connectivity index (χ0) is 21.7. The van der Waals surface area contributed by atoms with Crippen molar-refractivity contribution in [3.63, 3.8) is 0 Å². The average molecular weight is 409 g/mol. The van der Waals surface area contributed by atoms with E-state index in [0.29, 0.717) is 17.8 Å². The number of esters is 1. The lowest BCUT2D eigenvalue weighted by Crippen LogP contribution is -2.47. The molecule has 0 aliphatic carbocycles. The SMILES string of the molecule is COC(=O)[C@@H](Cc1ccccc1)NC(=O)[C@H](C)Oc1ccc2c(C)cc(=O)oc2c1. The van der Waals surface area contributed by atoms with Crippen molar-refractivity contribution in [2.24, 2.45) is 0 Å². The van der Waals surface area contributed by atoms with Crippen LogP contribution in [0.4, 0.5) is 0 Å². The van der Waals surface area contributed by atoms with E-state index >= 15 is 0 Å². The molecule has 2 aromatic carbocycles. The molecule has 0 aliphatic rings. The molecule has 0 unspecified atom stereocenters. The third-order valence-electron chi connectivity index (χ3n) is 4.69. The predicted molar refractivity (Wildman–Crippen MR) is 111 cm³/mol. The zero-order valence-electron chi connectivity index (χ0n) is 17.0. The third-order valence-corrected chi connectivity index (χ3v) is 4.69. The van der Waals surface area contributed by atoms with Crippen LogP contribution in [0.15, 0.2) is 63.8 Å². The highest BCUT2D eigenvalue weighted by atomic mass is 16.5. The normalized spacial score (nSPS) is 12.8. The predicted octanol–water partition coefficient (Wildman–Crippen LogP) is 2.77. The lowest BCUT2D eigenvalue weighted by molar-refractivity contribution is -0.145. The summed E-state index contributed by atoms with van der Waals surface area (Å²) in [6.45, 7) is 3.39. The maximum Gasteiger partial charge on any atom is 0.336 e. The molecule has 7 nitrogen and oxygen atoms in total. The number of fused-ring (bicyclic) bond motifs is 1. The Morgan fingerprint density at radius 2 is 1.83 bits per heavy atom. The Hall–Kier alpha value is -3.61. The summed E-state index contributed by atoms with van der Waals surface area (Å²) < 4.78 is 15.7. The van der Waals surface area contributed by atoms with Crippen molar-refractivity contribution in [1.82, 2.24) is 5.32 Å². The van der Waals surface area contributed by atoms with Gasteiger partial charge in [-0.25, -0.2) is 9.59 Å². The average Bonchev–Trinajstić information content (AvgIpc) is 2.72. The number of methoxy groups -OCH3 is 1. The molecule has 1 heterocycles. The molecule has 7 heteroatoms. The van der Waals surface area contributed by atoms with E-state index in [4.69, 9.17) is 13.9 Å². The Balaban J connectivity index is 1.71. The van der Waals surface area contributed by atoms with E-state index in [1.807, 2.05) is 37.3 Å².